The highest BCUT2D eigenvalue weighted by molar-refractivity contribution is 5.73. The number of hydrogen-bond acceptors (Lipinski definition) is 2. The van der Waals surface area contributed by atoms with Crippen molar-refractivity contribution in [2.45, 2.75) is 6.54 Å². The summed E-state index contributed by atoms with van der Waals surface area (Å²) in [6, 6.07) is 9.12. The van der Waals surface area contributed by atoms with E-state index in [1.54, 1.807) is 30.2 Å². The first-order chi connectivity index (χ1) is 8.17. The van der Waals surface area contributed by atoms with Crippen LogP contribution in [0.1, 0.15) is 11.1 Å². The van der Waals surface area contributed by atoms with E-state index < -0.39 is 0 Å². The Morgan fingerprint density at radius 2 is 2.41 bits per heavy atom. The summed E-state index contributed by atoms with van der Waals surface area (Å²) in [7, 11) is 1.71. The standard InChI is InChI=1S/C13H15N3O/c1-3-7-15-13(17)16(2)10-12-6-4-5-11(8-12)9-14/h3-6,8H,1,7,10H2,2H3,(H,15,17). The number of rotatable bonds is 4. The van der Waals surface area contributed by atoms with Gasteiger partial charge in [-0.3, -0.25) is 0 Å². The summed E-state index contributed by atoms with van der Waals surface area (Å²) in [6.07, 6.45) is 1.63. The van der Waals surface area contributed by atoms with Crippen molar-refractivity contribution in [1.29, 1.82) is 5.26 Å². The van der Waals surface area contributed by atoms with Gasteiger partial charge in [0, 0.05) is 20.1 Å². The van der Waals surface area contributed by atoms with Crippen LogP contribution in [0, 0.1) is 11.3 Å². The Morgan fingerprint density at radius 3 is 3.06 bits per heavy atom. The predicted molar refractivity (Wildman–Crippen MR) is 66.2 cm³/mol. The van der Waals surface area contributed by atoms with Crippen LogP contribution >= 0.6 is 0 Å². The summed E-state index contributed by atoms with van der Waals surface area (Å²) in [5, 5.41) is 11.5. The maximum atomic E-state index is 11.6. The summed E-state index contributed by atoms with van der Waals surface area (Å²) in [4.78, 5) is 13.1. The number of hydrogen-bond donors (Lipinski definition) is 1. The van der Waals surface area contributed by atoms with E-state index in [-0.39, 0.29) is 6.03 Å². The average Bonchev–Trinajstić information content (AvgIpc) is 2.36. The van der Waals surface area contributed by atoms with E-state index in [0.29, 0.717) is 18.7 Å². The first kappa shape index (κ1) is 12.8. The molecule has 88 valence electrons. The maximum absolute atomic E-state index is 11.6. The third kappa shape index (κ3) is 3.99. The molecule has 0 bridgehead atoms. The van der Waals surface area contributed by atoms with Gasteiger partial charge in [-0.25, -0.2) is 4.79 Å². The second kappa shape index (κ2) is 6.33. The maximum Gasteiger partial charge on any atom is 0.317 e. The highest BCUT2D eigenvalue weighted by Crippen LogP contribution is 2.06. The molecule has 0 aliphatic rings. The minimum Gasteiger partial charge on any atom is -0.335 e. The number of carbonyl (C=O) groups excluding carboxylic acids is 1. The van der Waals surface area contributed by atoms with Gasteiger partial charge in [0.15, 0.2) is 0 Å². The van der Waals surface area contributed by atoms with Crippen molar-refractivity contribution >= 4 is 6.03 Å². The molecule has 0 unspecified atom stereocenters. The van der Waals surface area contributed by atoms with Crippen LogP contribution in [-0.2, 0) is 6.54 Å². The van der Waals surface area contributed by atoms with Crippen molar-refractivity contribution < 1.29 is 4.79 Å². The third-order valence-corrected chi connectivity index (χ3v) is 2.22. The lowest BCUT2D eigenvalue weighted by Crippen LogP contribution is -2.36. The summed E-state index contributed by atoms with van der Waals surface area (Å²) in [5.74, 6) is 0. The monoisotopic (exact) mass is 229 g/mol. The minimum absolute atomic E-state index is 0.160. The molecule has 1 aromatic carbocycles. The SMILES string of the molecule is C=CCNC(=O)N(C)Cc1cccc(C#N)c1. The summed E-state index contributed by atoms with van der Waals surface area (Å²) in [6.45, 7) is 4.45. The number of amides is 2. The van der Waals surface area contributed by atoms with Gasteiger partial charge in [0.1, 0.15) is 0 Å². The summed E-state index contributed by atoms with van der Waals surface area (Å²) < 4.78 is 0. The Morgan fingerprint density at radius 1 is 1.65 bits per heavy atom. The average molecular weight is 229 g/mol. The molecular weight excluding hydrogens is 214 g/mol. The van der Waals surface area contributed by atoms with Crippen LogP contribution in [-0.4, -0.2) is 24.5 Å². The molecular formula is C13H15N3O. The van der Waals surface area contributed by atoms with Crippen LogP contribution in [0.2, 0.25) is 0 Å². The zero-order valence-corrected chi connectivity index (χ0v) is 9.81. The topological polar surface area (TPSA) is 56.1 Å². The molecule has 0 spiro atoms. The van der Waals surface area contributed by atoms with Crippen LogP contribution < -0.4 is 5.32 Å². The molecule has 0 heterocycles. The van der Waals surface area contributed by atoms with E-state index in [4.69, 9.17) is 5.26 Å². The molecule has 0 saturated carbocycles. The fourth-order valence-electron chi connectivity index (χ4n) is 1.38. The first-order valence-corrected chi connectivity index (χ1v) is 5.26. The van der Waals surface area contributed by atoms with Gasteiger partial charge in [-0.05, 0) is 17.7 Å². The Bertz CT molecular complexity index is 448. The van der Waals surface area contributed by atoms with Crippen molar-refractivity contribution in [3.05, 3.63) is 48.0 Å². The molecule has 2 amide bonds. The Hall–Kier alpha value is -2.28. The molecule has 4 heteroatoms. The molecule has 17 heavy (non-hydrogen) atoms. The fraction of sp³-hybridized carbons (Fsp3) is 0.231. The Labute approximate surface area is 101 Å². The van der Waals surface area contributed by atoms with E-state index in [1.165, 1.54) is 0 Å². The van der Waals surface area contributed by atoms with Crippen molar-refractivity contribution in [2.75, 3.05) is 13.6 Å². The molecule has 0 aliphatic carbocycles. The number of benzene rings is 1. The molecule has 0 saturated heterocycles. The van der Waals surface area contributed by atoms with Gasteiger partial charge in [0.05, 0.1) is 11.6 Å². The lowest BCUT2D eigenvalue weighted by Gasteiger charge is -2.17. The molecule has 1 aromatic rings. The molecule has 0 aliphatic heterocycles. The molecule has 0 radical (unpaired) electrons. The zero-order valence-electron chi connectivity index (χ0n) is 9.81. The second-order valence-corrected chi connectivity index (χ2v) is 3.64. The molecule has 4 nitrogen and oxygen atoms in total. The number of urea groups is 1. The Kier molecular flexibility index (Phi) is 4.77. The number of nitriles is 1. The fourth-order valence-corrected chi connectivity index (χ4v) is 1.38. The number of carbonyl (C=O) groups is 1. The molecule has 0 atom stereocenters. The van der Waals surface area contributed by atoms with Gasteiger partial charge < -0.3 is 10.2 Å². The largest absolute Gasteiger partial charge is 0.335 e. The van der Waals surface area contributed by atoms with Crippen LogP contribution in [0.25, 0.3) is 0 Å². The third-order valence-electron chi connectivity index (χ3n) is 2.22. The van der Waals surface area contributed by atoms with Crippen LogP contribution in [0.3, 0.4) is 0 Å². The van der Waals surface area contributed by atoms with Gasteiger partial charge in [-0.15, -0.1) is 6.58 Å². The van der Waals surface area contributed by atoms with Crippen LogP contribution in [0.5, 0.6) is 0 Å². The van der Waals surface area contributed by atoms with Crippen molar-refractivity contribution in [2.24, 2.45) is 0 Å². The zero-order chi connectivity index (χ0) is 12.7. The van der Waals surface area contributed by atoms with Crippen molar-refractivity contribution in [3.8, 4) is 6.07 Å². The lowest BCUT2D eigenvalue weighted by atomic mass is 10.1. The van der Waals surface area contributed by atoms with E-state index in [1.807, 2.05) is 12.1 Å². The molecule has 1 N–H and O–H groups in total. The lowest BCUT2D eigenvalue weighted by molar-refractivity contribution is 0.208. The quantitative estimate of drug-likeness (QED) is 0.801. The normalized spacial score (nSPS) is 9.18. The van der Waals surface area contributed by atoms with Crippen molar-refractivity contribution in [3.63, 3.8) is 0 Å². The smallest absolute Gasteiger partial charge is 0.317 e. The highest BCUT2D eigenvalue weighted by atomic mass is 16.2. The molecule has 1 rings (SSSR count). The van der Waals surface area contributed by atoms with E-state index >= 15 is 0 Å². The predicted octanol–water partition coefficient (Wildman–Crippen LogP) is 1.89. The second-order valence-electron chi connectivity index (χ2n) is 3.64. The highest BCUT2D eigenvalue weighted by Gasteiger charge is 2.07. The van der Waals surface area contributed by atoms with Gasteiger partial charge in [-0.1, -0.05) is 18.2 Å². The number of nitrogens with one attached hydrogen (secondary N) is 1. The van der Waals surface area contributed by atoms with E-state index in [2.05, 4.69) is 18.0 Å². The van der Waals surface area contributed by atoms with Gasteiger partial charge in [-0.2, -0.15) is 5.26 Å². The van der Waals surface area contributed by atoms with Gasteiger partial charge in [0.25, 0.3) is 0 Å². The molecule has 0 fully saturated rings. The van der Waals surface area contributed by atoms with Crippen molar-refractivity contribution in [1.82, 2.24) is 10.2 Å². The van der Waals surface area contributed by atoms with Crippen LogP contribution in [0.15, 0.2) is 36.9 Å². The summed E-state index contributed by atoms with van der Waals surface area (Å²) in [5.41, 5.74) is 1.53. The minimum atomic E-state index is -0.160. The summed E-state index contributed by atoms with van der Waals surface area (Å²) >= 11 is 0. The van der Waals surface area contributed by atoms with Gasteiger partial charge in [0.2, 0.25) is 0 Å². The van der Waals surface area contributed by atoms with Gasteiger partial charge >= 0.3 is 6.03 Å². The van der Waals surface area contributed by atoms with Crippen LogP contribution in [0.4, 0.5) is 4.79 Å². The van der Waals surface area contributed by atoms with E-state index in [0.717, 1.165) is 5.56 Å². The van der Waals surface area contributed by atoms with E-state index in [9.17, 15) is 4.79 Å². The molecule has 0 aromatic heterocycles. The number of nitrogens with zero attached hydrogens (tertiary/aromatic N) is 2. The first-order valence-electron chi connectivity index (χ1n) is 5.26. The Balaban J connectivity index is 2.61.